The summed E-state index contributed by atoms with van der Waals surface area (Å²) in [4.78, 5) is 11.1. The number of aromatic nitrogens is 2. The lowest BCUT2D eigenvalue weighted by Gasteiger charge is -2.08. The van der Waals surface area contributed by atoms with Crippen LogP contribution in [0.25, 0.3) is 12.2 Å². The summed E-state index contributed by atoms with van der Waals surface area (Å²) < 4.78 is 9.80. The highest BCUT2D eigenvalue weighted by Gasteiger charge is 2.11. The number of carboxylic acid groups (broad SMARTS) is 1. The molecular weight excluding hydrogens is 389 g/mol. The number of ether oxygens (including phenoxy) is 1. The van der Waals surface area contributed by atoms with Crippen molar-refractivity contribution in [3.63, 3.8) is 0 Å². The second kappa shape index (κ2) is 9.12. The van der Waals surface area contributed by atoms with E-state index >= 15 is 0 Å². The van der Waals surface area contributed by atoms with Crippen LogP contribution in [0.4, 0.5) is 0 Å². The van der Waals surface area contributed by atoms with E-state index in [1.165, 1.54) is 6.07 Å². The molecule has 1 aromatic heterocycles. The fourth-order valence-corrected chi connectivity index (χ4v) is 3.84. The number of imidazole rings is 1. The Morgan fingerprint density at radius 2 is 1.77 bits per heavy atom. The van der Waals surface area contributed by atoms with Crippen LogP contribution in [0.5, 0.6) is 5.75 Å². The highest BCUT2D eigenvalue weighted by molar-refractivity contribution is 6.32. The maximum absolute atomic E-state index is 11.1. The Kier molecular flexibility index (Phi) is 6.12. The number of carboxylic acids is 1. The van der Waals surface area contributed by atoms with Crippen molar-refractivity contribution in [3.05, 3.63) is 76.0 Å². The van der Waals surface area contributed by atoms with Crippen molar-refractivity contribution in [2.45, 2.75) is 32.4 Å². The van der Waals surface area contributed by atoms with Gasteiger partial charge >= 0.3 is 5.97 Å². The topological polar surface area (TPSA) is 80.2 Å². The molecule has 3 aromatic rings. The molecule has 0 spiro atoms. The van der Waals surface area contributed by atoms with Crippen LogP contribution in [-0.4, -0.2) is 34.7 Å². The van der Waals surface area contributed by atoms with E-state index in [4.69, 9.17) is 23.1 Å². The van der Waals surface area contributed by atoms with Gasteiger partial charge in [0.2, 0.25) is 5.62 Å². The van der Waals surface area contributed by atoms with Crippen LogP contribution in [-0.2, 0) is 13.1 Å². The largest absolute Gasteiger partial charge is 0.494 e. The van der Waals surface area contributed by atoms with Crippen LogP contribution in [0.15, 0.2) is 48.5 Å². The number of hydrogen-bond donors (Lipinski definition) is 2. The van der Waals surface area contributed by atoms with E-state index in [0.29, 0.717) is 37.5 Å². The molecule has 6 nitrogen and oxygen atoms in total. The third-order valence-corrected chi connectivity index (χ3v) is 5.39. The van der Waals surface area contributed by atoms with Gasteiger partial charge in [-0.3, -0.25) is 5.41 Å². The Balaban J connectivity index is 1.49. The number of nitrogens with zero attached hydrogens (tertiary/aromatic N) is 2. The SMILES string of the molecule is [B]c1ccc(Cn2c3c(n(CCCOc4cccc(C(=O)O)c4)c2=N)=CCCC=3)cc1. The summed E-state index contributed by atoms with van der Waals surface area (Å²) in [7, 11) is 5.80. The van der Waals surface area contributed by atoms with Crippen molar-refractivity contribution in [1.82, 2.24) is 9.13 Å². The van der Waals surface area contributed by atoms with E-state index < -0.39 is 5.97 Å². The number of hydrogen-bond acceptors (Lipinski definition) is 3. The van der Waals surface area contributed by atoms with Crippen molar-refractivity contribution < 1.29 is 14.6 Å². The standard InChI is InChI=1S/C24H24BN3O3/c25-19-11-9-17(10-12-19)16-28-22-8-2-1-7-21(22)27(24(28)26)13-4-14-31-20-6-3-5-18(15-20)23(29)30/h3,5-12,15,26H,1-2,4,13-14,16H2,(H,29,30). The summed E-state index contributed by atoms with van der Waals surface area (Å²) in [5, 5.41) is 20.0. The summed E-state index contributed by atoms with van der Waals surface area (Å²) >= 11 is 0. The van der Waals surface area contributed by atoms with E-state index in [0.717, 1.165) is 34.6 Å². The zero-order valence-corrected chi connectivity index (χ0v) is 17.3. The highest BCUT2D eigenvalue weighted by Crippen LogP contribution is 2.13. The Morgan fingerprint density at radius 1 is 1.06 bits per heavy atom. The van der Waals surface area contributed by atoms with Gasteiger partial charge in [-0.15, -0.1) is 0 Å². The average molecular weight is 413 g/mol. The second-order valence-electron chi connectivity index (χ2n) is 7.59. The number of carbonyl (C=O) groups is 1. The lowest BCUT2D eigenvalue weighted by atomic mass is 9.95. The monoisotopic (exact) mass is 413 g/mol. The first-order valence-electron chi connectivity index (χ1n) is 10.4. The molecule has 7 heteroatoms. The molecule has 1 aliphatic rings. The number of aromatic carboxylic acids is 1. The Bertz CT molecular complexity index is 1270. The summed E-state index contributed by atoms with van der Waals surface area (Å²) in [6, 6.07) is 14.3. The predicted molar refractivity (Wildman–Crippen MR) is 120 cm³/mol. The van der Waals surface area contributed by atoms with Crippen LogP contribution in [0.3, 0.4) is 0 Å². The Hall–Kier alpha value is -3.48. The van der Waals surface area contributed by atoms with Gasteiger partial charge in [0.1, 0.15) is 13.6 Å². The molecule has 0 fully saturated rings. The number of rotatable bonds is 8. The van der Waals surface area contributed by atoms with E-state index in [1.54, 1.807) is 18.2 Å². The van der Waals surface area contributed by atoms with Gasteiger partial charge in [-0.2, -0.15) is 0 Å². The molecule has 2 N–H and O–H groups in total. The Morgan fingerprint density at radius 3 is 2.48 bits per heavy atom. The molecule has 156 valence electrons. The lowest BCUT2D eigenvalue weighted by molar-refractivity contribution is 0.0696. The van der Waals surface area contributed by atoms with E-state index in [9.17, 15) is 4.79 Å². The molecular formula is C24H24BN3O3. The van der Waals surface area contributed by atoms with Gasteiger partial charge in [0.05, 0.1) is 29.4 Å². The summed E-state index contributed by atoms with van der Waals surface area (Å²) in [6.07, 6.45) is 7.05. The van der Waals surface area contributed by atoms with Crippen molar-refractivity contribution in [2.75, 3.05) is 6.61 Å². The van der Waals surface area contributed by atoms with Crippen LogP contribution >= 0.6 is 0 Å². The molecule has 1 aliphatic carbocycles. The fourth-order valence-electron chi connectivity index (χ4n) is 3.84. The first kappa shape index (κ1) is 20.8. The van der Waals surface area contributed by atoms with E-state index in [1.807, 2.05) is 33.4 Å². The summed E-state index contributed by atoms with van der Waals surface area (Å²) in [5.74, 6) is -0.431. The van der Waals surface area contributed by atoms with E-state index in [2.05, 4.69) is 12.2 Å². The molecule has 0 amide bonds. The van der Waals surface area contributed by atoms with Gasteiger partial charge in [0.15, 0.2) is 0 Å². The minimum Gasteiger partial charge on any atom is -0.494 e. The molecule has 0 aliphatic heterocycles. The van der Waals surface area contributed by atoms with E-state index in [-0.39, 0.29) is 5.56 Å². The first-order valence-corrected chi connectivity index (χ1v) is 10.4. The molecule has 0 unspecified atom stereocenters. The Labute approximate surface area is 181 Å². The lowest BCUT2D eigenvalue weighted by Crippen LogP contribution is -2.35. The molecule has 0 atom stereocenters. The quantitative estimate of drug-likeness (QED) is 0.429. The number of nitrogens with one attached hydrogen (secondary N) is 1. The van der Waals surface area contributed by atoms with Gasteiger partial charge in [-0.25, -0.2) is 4.79 Å². The smallest absolute Gasteiger partial charge is 0.335 e. The van der Waals surface area contributed by atoms with Crippen LogP contribution in [0.1, 0.15) is 35.2 Å². The fraction of sp³-hybridized carbons (Fsp3) is 0.250. The normalized spacial score (nSPS) is 12.5. The van der Waals surface area contributed by atoms with Crippen molar-refractivity contribution in [1.29, 1.82) is 5.41 Å². The maximum atomic E-state index is 11.1. The first-order chi connectivity index (χ1) is 15.0. The van der Waals surface area contributed by atoms with Gasteiger partial charge < -0.3 is 19.0 Å². The second-order valence-corrected chi connectivity index (χ2v) is 7.59. The molecule has 1 heterocycles. The molecule has 4 rings (SSSR count). The average Bonchev–Trinajstić information content (AvgIpc) is 3.04. The van der Waals surface area contributed by atoms with Crippen molar-refractivity contribution >= 4 is 31.4 Å². The van der Waals surface area contributed by atoms with Gasteiger partial charge in [-0.1, -0.05) is 47.9 Å². The maximum Gasteiger partial charge on any atom is 0.335 e. The van der Waals surface area contributed by atoms with Crippen molar-refractivity contribution in [3.8, 4) is 5.75 Å². The molecule has 0 saturated heterocycles. The molecule has 2 radical (unpaired) electrons. The molecule has 0 saturated carbocycles. The highest BCUT2D eigenvalue weighted by atomic mass is 16.5. The van der Waals surface area contributed by atoms with Crippen molar-refractivity contribution in [2.24, 2.45) is 0 Å². The zero-order chi connectivity index (χ0) is 21.8. The van der Waals surface area contributed by atoms with Crippen LogP contribution < -0.4 is 26.5 Å². The third-order valence-electron chi connectivity index (χ3n) is 5.39. The molecule has 31 heavy (non-hydrogen) atoms. The van der Waals surface area contributed by atoms with Crippen LogP contribution in [0.2, 0.25) is 0 Å². The van der Waals surface area contributed by atoms with Crippen LogP contribution in [0, 0.1) is 5.41 Å². The summed E-state index contributed by atoms with van der Waals surface area (Å²) in [5.41, 5.74) is 2.50. The summed E-state index contributed by atoms with van der Waals surface area (Å²) in [6.45, 7) is 1.72. The molecule has 2 aromatic carbocycles. The minimum atomic E-state index is -0.972. The molecule has 0 bridgehead atoms. The number of benzene rings is 2. The zero-order valence-electron chi connectivity index (χ0n) is 17.3. The van der Waals surface area contributed by atoms with Gasteiger partial charge in [0.25, 0.3) is 0 Å². The van der Waals surface area contributed by atoms with Gasteiger partial charge in [0, 0.05) is 6.54 Å². The predicted octanol–water partition coefficient (Wildman–Crippen LogP) is 1.13. The van der Waals surface area contributed by atoms with Gasteiger partial charge in [-0.05, 0) is 43.0 Å². The number of fused-ring (bicyclic) bond motifs is 1. The minimum absolute atomic E-state index is 0.208. The third kappa shape index (κ3) is 4.66.